The highest BCUT2D eigenvalue weighted by Crippen LogP contribution is 2.39. The number of morpholine rings is 1. The van der Waals surface area contributed by atoms with Gasteiger partial charge in [0.1, 0.15) is 34.6 Å². The highest BCUT2D eigenvalue weighted by Gasteiger charge is 2.28. The Bertz CT molecular complexity index is 1870. The standard InChI is InChI=1S/C28H26Cl2FN7O5/c1-13-12-43-6-5-37(13)20-8-18(17(29)9-33-20)34-21(39)11-36-10-16(14-7-15(26(32)41)25(40)23(30)24(14)31)22-27(36)35-19-3-2-4-38(19)28(22)42/h7-10,13,40H,2-6,11-12H2,1H3,(H2,32,41)(H,33,34,39)/t13-/m0/s1. The number of primary amides is 1. The SMILES string of the molecule is C[C@H]1COCCN1c1cc(NC(=O)Cn2cc(-c3cc(C(N)=O)c(O)c(Cl)c3F)c3c(=O)n4c(nc32)CCC4)c(Cl)cn1. The highest BCUT2D eigenvalue weighted by atomic mass is 35.5. The zero-order chi connectivity index (χ0) is 30.6. The fraction of sp³-hybridized carbons (Fsp3) is 0.321. The molecule has 15 heteroatoms. The predicted octanol–water partition coefficient (Wildman–Crippen LogP) is 3.32. The molecule has 1 saturated heterocycles. The Morgan fingerprint density at radius 3 is 2.79 bits per heavy atom. The topological polar surface area (TPSA) is 158 Å². The van der Waals surface area contributed by atoms with Gasteiger partial charge in [0.15, 0.2) is 5.82 Å². The molecule has 0 unspecified atom stereocenters. The number of aryl methyl sites for hydroxylation is 1. The molecule has 1 atom stereocenters. The minimum atomic E-state index is -1.06. The van der Waals surface area contributed by atoms with Gasteiger partial charge in [-0.15, -0.1) is 0 Å². The number of rotatable bonds is 6. The molecule has 0 saturated carbocycles. The summed E-state index contributed by atoms with van der Waals surface area (Å²) in [7, 11) is 0. The van der Waals surface area contributed by atoms with Gasteiger partial charge in [-0.2, -0.15) is 0 Å². The van der Waals surface area contributed by atoms with Crippen LogP contribution in [-0.2, 0) is 29.0 Å². The number of nitrogens with one attached hydrogen (secondary N) is 1. The van der Waals surface area contributed by atoms with E-state index >= 15 is 4.39 Å². The molecular formula is C28H26Cl2FN7O5. The van der Waals surface area contributed by atoms with Crippen molar-refractivity contribution in [2.24, 2.45) is 5.73 Å². The van der Waals surface area contributed by atoms with E-state index in [2.05, 4.69) is 20.2 Å². The van der Waals surface area contributed by atoms with Gasteiger partial charge >= 0.3 is 0 Å². The number of fused-ring (bicyclic) bond motifs is 2. The molecule has 0 aliphatic carbocycles. The van der Waals surface area contributed by atoms with Gasteiger partial charge in [0.25, 0.3) is 11.5 Å². The Hall–Kier alpha value is -4.20. The fourth-order valence-electron chi connectivity index (χ4n) is 5.55. The largest absolute Gasteiger partial charge is 0.505 e. The molecule has 1 aromatic carbocycles. The van der Waals surface area contributed by atoms with E-state index in [1.54, 1.807) is 6.07 Å². The number of hydrogen-bond acceptors (Lipinski definition) is 8. The van der Waals surface area contributed by atoms with Gasteiger partial charge in [0.05, 0.1) is 47.1 Å². The van der Waals surface area contributed by atoms with Gasteiger partial charge in [-0.1, -0.05) is 23.2 Å². The third-order valence-corrected chi connectivity index (χ3v) is 8.31. The number of amides is 2. The summed E-state index contributed by atoms with van der Waals surface area (Å²) in [5.41, 5.74) is 4.79. The average Bonchev–Trinajstić information content (AvgIpc) is 3.59. The van der Waals surface area contributed by atoms with E-state index in [1.807, 2.05) is 6.92 Å². The van der Waals surface area contributed by atoms with E-state index in [9.17, 15) is 19.5 Å². The molecule has 2 amide bonds. The number of nitrogens with zero attached hydrogens (tertiary/aromatic N) is 5. The van der Waals surface area contributed by atoms with Gasteiger partial charge in [0, 0.05) is 42.9 Å². The number of benzene rings is 1. The maximum atomic E-state index is 15.5. The summed E-state index contributed by atoms with van der Waals surface area (Å²) in [6, 6.07) is 2.78. The van der Waals surface area contributed by atoms with E-state index in [1.165, 1.54) is 21.5 Å². The van der Waals surface area contributed by atoms with Crippen LogP contribution in [0.3, 0.4) is 0 Å². The number of phenols is 1. The Balaban J connectivity index is 1.41. The Morgan fingerprint density at radius 2 is 2.05 bits per heavy atom. The number of anilines is 2. The van der Waals surface area contributed by atoms with Crippen LogP contribution in [0.4, 0.5) is 15.9 Å². The number of aromatic hydroxyl groups is 1. The van der Waals surface area contributed by atoms with Crippen LogP contribution in [0.2, 0.25) is 10.0 Å². The van der Waals surface area contributed by atoms with Crippen LogP contribution >= 0.6 is 23.2 Å². The van der Waals surface area contributed by atoms with Crippen molar-refractivity contribution in [3.05, 3.63) is 62.1 Å². The molecule has 0 spiro atoms. The summed E-state index contributed by atoms with van der Waals surface area (Å²) >= 11 is 12.4. The first-order chi connectivity index (χ1) is 20.5. The number of aromatic nitrogens is 4. The minimum absolute atomic E-state index is 0.0278. The highest BCUT2D eigenvalue weighted by molar-refractivity contribution is 6.34. The monoisotopic (exact) mass is 629 g/mol. The number of halogens is 3. The van der Waals surface area contributed by atoms with Gasteiger partial charge in [-0.05, 0) is 19.4 Å². The molecule has 224 valence electrons. The first-order valence-corrected chi connectivity index (χ1v) is 14.2. The number of carbonyl (C=O) groups is 2. The second kappa shape index (κ2) is 11.1. The lowest BCUT2D eigenvalue weighted by atomic mass is 10.0. The third-order valence-electron chi connectivity index (χ3n) is 7.66. The zero-order valence-electron chi connectivity index (χ0n) is 22.9. The lowest BCUT2D eigenvalue weighted by Gasteiger charge is -2.34. The minimum Gasteiger partial charge on any atom is -0.505 e. The first kappa shape index (κ1) is 28.9. The number of carbonyl (C=O) groups excluding carboxylic acids is 2. The van der Waals surface area contributed by atoms with Crippen LogP contribution in [0.1, 0.15) is 29.5 Å². The summed E-state index contributed by atoms with van der Waals surface area (Å²) in [6.07, 6.45) is 4.09. The van der Waals surface area contributed by atoms with Gasteiger partial charge in [-0.25, -0.2) is 14.4 Å². The predicted molar refractivity (Wildman–Crippen MR) is 158 cm³/mol. The second-order valence-electron chi connectivity index (χ2n) is 10.5. The Morgan fingerprint density at radius 1 is 1.26 bits per heavy atom. The van der Waals surface area contributed by atoms with Crippen LogP contribution in [0.15, 0.2) is 29.3 Å². The molecule has 2 aliphatic rings. The molecule has 4 aromatic rings. The smallest absolute Gasteiger partial charge is 0.263 e. The van der Waals surface area contributed by atoms with Crippen LogP contribution in [0.5, 0.6) is 5.75 Å². The quantitative estimate of drug-likeness (QED) is 0.293. The van der Waals surface area contributed by atoms with Crippen molar-refractivity contribution in [3.8, 4) is 16.9 Å². The van der Waals surface area contributed by atoms with Crippen LogP contribution < -0.4 is 21.5 Å². The summed E-state index contributed by atoms with van der Waals surface area (Å²) < 4.78 is 23.9. The number of pyridine rings is 1. The first-order valence-electron chi connectivity index (χ1n) is 13.5. The van der Waals surface area contributed by atoms with Crippen molar-refractivity contribution in [1.82, 2.24) is 19.1 Å². The Kier molecular flexibility index (Phi) is 7.48. The van der Waals surface area contributed by atoms with Crippen LogP contribution in [0, 0.1) is 5.82 Å². The number of ether oxygens (including phenoxy) is 1. The summed E-state index contributed by atoms with van der Waals surface area (Å²) in [6.45, 7) is 3.83. The maximum absolute atomic E-state index is 15.5. The molecule has 2 aliphatic heterocycles. The lowest BCUT2D eigenvalue weighted by molar-refractivity contribution is -0.116. The van der Waals surface area contributed by atoms with Gasteiger partial charge in [-0.3, -0.25) is 19.0 Å². The zero-order valence-corrected chi connectivity index (χ0v) is 24.4. The van der Waals surface area contributed by atoms with E-state index in [4.69, 9.17) is 33.7 Å². The number of hydrogen-bond donors (Lipinski definition) is 3. The molecule has 43 heavy (non-hydrogen) atoms. The molecular weight excluding hydrogens is 604 g/mol. The molecule has 0 radical (unpaired) electrons. The molecule has 1 fully saturated rings. The van der Waals surface area contributed by atoms with Crippen LogP contribution in [0.25, 0.3) is 22.2 Å². The maximum Gasteiger partial charge on any atom is 0.263 e. The van der Waals surface area contributed by atoms with Crippen molar-refractivity contribution in [2.45, 2.75) is 38.9 Å². The van der Waals surface area contributed by atoms with E-state index in [-0.39, 0.29) is 39.8 Å². The van der Waals surface area contributed by atoms with Gasteiger partial charge in [0.2, 0.25) is 5.91 Å². The van der Waals surface area contributed by atoms with Crippen molar-refractivity contribution < 1.29 is 23.8 Å². The van der Waals surface area contributed by atoms with Gasteiger partial charge < -0.3 is 30.4 Å². The summed E-state index contributed by atoms with van der Waals surface area (Å²) in [4.78, 5) is 50.0. The van der Waals surface area contributed by atoms with E-state index in [0.29, 0.717) is 56.5 Å². The normalized spacial score (nSPS) is 16.5. The average molecular weight is 630 g/mol. The summed E-state index contributed by atoms with van der Waals surface area (Å²) in [5.74, 6) is -2.26. The molecule has 3 aromatic heterocycles. The second-order valence-corrected chi connectivity index (χ2v) is 11.2. The summed E-state index contributed by atoms with van der Waals surface area (Å²) in [5, 5.41) is 12.5. The van der Waals surface area contributed by atoms with Crippen molar-refractivity contribution >= 4 is 57.6 Å². The van der Waals surface area contributed by atoms with Crippen LogP contribution in [-0.4, -0.2) is 61.8 Å². The molecule has 6 rings (SSSR count). The van der Waals surface area contributed by atoms with Crippen molar-refractivity contribution in [3.63, 3.8) is 0 Å². The molecule has 5 heterocycles. The van der Waals surface area contributed by atoms with E-state index in [0.717, 1.165) is 6.07 Å². The lowest BCUT2D eigenvalue weighted by Crippen LogP contribution is -2.44. The molecule has 12 nitrogen and oxygen atoms in total. The number of nitrogens with two attached hydrogens (primary N) is 1. The van der Waals surface area contributed by atoms with Crippen molar-refractivity contribution in [2.75, 3.05) is 30.0 Å². The van der Waals surface area contributed by atoms with Crippen molar-refractivity contribution in [1.29, 1.82) is 0 Å². The molecule has 0 bridgehead atoms. The fourth-order valence-corrected chi connectivity index (χ4v) is 5.90. The van der Waals surface area contributed by atoms with E-state index < -0.39 is 39.5 Å². The third kappa shape index (κ3) is 5.07. The molecule has 4 N–H and O–H groups in total. The Labute approximate surface area is 253 Å².